The van der Waals surface area contributed by atoms with Crippen molar-refractivity contribution in [3.63, 3.8) is 0 Å². The van der Waals surface area contributed by atoms with Crippen LogP contribution in [0.4, 0.5) is 13.2 Å². The molecule has 0 spiro atoms. The average Bonchev–Trinajstić information content (AvgIpc) is 2.05. The Bertz CT molecular complexity index is 380. The Kier molecular flexibility index (Phi) is 3.17. The van der Waals surface area contributed by atoms with E-state index in [9.17, 15) is 18.0 Å². The Labute approximate surface area is 85.9 Å². The maximum atomic E-state index is 12.5. The Hall–Kier alpha value is -1.32. The van der Waals surface area contributed by atoms with Gasteiger partial charge in [0.05, 0.1) is 5.56 Å². The predicted molar refractivity (Wildman–Crippen MR) is 50.6 cm³/mol. The van der Waals surface area contributed by atoms with E-state index in [1.165, 1.54) is 19.9 Å². The summed E-state index contributed by atoms with van der Waals surface area (Å²) in [6.07, 6.45) is -4.30. The maximum Gasteiger partial charge on any atom is 0.416 e. The van der Waals surface area contributed by atoms with E-state index >= 15 is 0 Å². The van der Waals surface area contributed by atoms with E-state index in [-0.39, 0.29) is 17.8 Å². The van der Waals surface area contributed by atoms with Gasteiger partial charge in [0.2, 0.25) is 0 Å². The Balaban J connectivity index is 3.17. The minimum absolute atomic E-state index is 0.0513. The van der Waals surface area contributed by atoms with Crippen molar-refractivity contribution in [2.45, 2.75) is 26.4 Å². The van der Waals surface area contributed by atoms with E-state index in [0.29, 0.717) is 5.56 Å². The lowest BCUT2D eigenvalue weighted by Crippen LogP contribution is -2.10. The molecule has 1 nitrogen and oxygen atoms in total. The van der Waals surface area contributed by atoms with E-state index in [2.05, 4.69) is 0 Å². The minimum Gasteiger partial charge on any atom is -0.300 e. The summed E-state index contributed by atoms with van der Waals surface area (Å²) in [5.41, 5.74) is -0.0845. The van der Waals surface area contributed by atoms with Crippen molar-refractivity contribution in [1.29, 1.82) is 0 Å². The summed E-state index contributed by atoms with van der Waals surface area (Å²) in [5, 5.41) is 0. The number of benzene rings is 1. The SMILES string of the molecule is CC(=O)Cc1cccc(C(F)(F)F)c1C. The van der Waals surface area contributed by atoms with Gasteiger partial charge in [-0.2, -0.15) is 13.2 Å². The van der Waals surface area contributed by atoms with Gasteiger partial charge in [0.15, 0.2) is 0 Å². The molecule has 1 rings (SSSR count). The zero-order valence-corrected chi connectivity index (χ0v) is 8.48. The Morgan fingerprint density at radius 1 is 1.33 bits per heavy atom. The quantitative estimate of drug-likeness (QED) is 0.742. The third-order valence-electron chi connectivity index (χ3n) is 2.19. The molecule has 0 aliphatic rings. The zero-order valence-electron chi connectivity index (χ0n) is 8.48. The average molecular weight is 216 g/mol. The van der Waals surface area contributed by atoms with Crippen LogP contribution in [0.3, 0.4) is 0 Å². The monoisotopic (exact) mass is 216 g/mol. The van der Waals surface area contributed by atoms with E-state index in [0.717, 1.165) is 6.07 Å². The van der Waals surface area contributed by atoms with Gasteiger partial charge in [-0.3, -0.25) is 4.79 Å². The Morgan fingerprint density at radius 3 is 2.40 bits per heavy atom. The van der Waals surface area contributed by atoms with Crippen molar-refractivity contribution in [3.05, 3.63) is 34.9 Å². The Morgan fingerprint density at radius 2 is 1.93 bits per heavy atom. The second kappa shape index (κ2) is 4.04. The molecule has 4 heteroatoms. The number of carbonyl (C=O) groups excluding carboxylic acids is 1. The molecule has 15 heavy (non-hydrogen) atoms. The van der Waals surface area contributed by atoms with Gasteiger partial charge >= 0.3 is 6.18 Å². The lowest BCUT2D eigenvalue weighted by molar-refractivity contribution is -0.138. The molecule has 0 saturated carbocycles. The summed E-state index contributed by atoms with van der Waals surface area (Å²) < 4.78 is 37.4. The number of alkyl halides is 3. The summed E-state index contributed by atoms with van der Waals surface area (Å²) >= 11 is 0. The molecular weight excluding hydrogens is 205 g/mol. The molecule has 1 aromatic rings. The second-order valence-electron chi connectivity index (χ2n) is 3.47. The summed E-state index contributed by atoms with van der Waals surface area (Å²) in [6, 6.07) is 3.90. The number of halogens is 3. The van der Waals surface area contributed by atoms with Crippen LogP contribution in [-0.4, -0.2) is 5.78 Å². The van der Waals surface area contributed by atoms with Gasteiger partial charge in [-0.15, -0.1) is 0 Å². The number of rotatable bonds is 2. The van der Waals surface area contributed by atoms with Crippen molar-refractivity contribution < 1.29 is 18.0 Å². The highest BCUT2D eigenvalue weighted by atomic mass is 19.4. The molecule has 82 valence electrons. The lowest BCUT2D eigenvalue weighted by atomic mass is 9.98. The smallest absolute Gasteiger partial charge is 0.300 e. The molecule has 0 saturated heterocycles. The van der Waals surface area contributed by atoms with Gasteiger partial charge in [-0.05, 0) is 31.0 Å². The number of ketones is 1. The molecule has 0 aliphatic carbocycles. The van der Waals surface area contributed by atoms with Crippen molar-refractivity contribution >= 4 is 5.78 Å². The first-order valence-electron chi connectivity index (χ1n) is 4.47. The summed E-state index contributed by atoms with van der Waals surface area (Å²) in [6.45, 7) is 2.75. The van der Waals surface area contributed by atoms with Crippen LogP contribution >= 0.6 is 0 Å². The third kappa shape index (κ3) is 2.81. The van der Waals surface area contributed by atoms with Crippen molar-refractivity contribution in [1.82, 2.24) is 0 Å². The standard InChI is InChI=1S/C11H11F3O/c1-7(15)6-9-4-3-5-10(8(9)2)11(12,13)14/h3-5H,6H2,1-2H3. The first-order valence-corrected chi connectivity index (χ1v) is 4.47. The van der Waals surface area contributed by atoms with Crippen LogP contribution in [0, 0.1) is 6.92 Å². The molecule has 0 heterocycles. The topological polar surface area (TPSA) is 17.1 Å². The number of hydrogen-bond donors (Lipinski definition) is 0. The van der Waals surface area contributed by atoms with E-state index < -0.39 is 11.7 Å². The fourth-order valence-corrected chi connectivity index (χ4v) is 1.45. The van der Waals surface area contributed by atoms with Gasteiger partial charge in [-0.1, -0.05) is 12.1 Å². The van der Waals surface area contributed by atoms with Gasteiger partial charge in [0.25, 0.3) is 0 Å². The number of hydrogen-bond acceptors (Lipinski definition) is 1. The number of carbonyl (C=O) groups is 1. The summed E-state index contributed by atoms with van der Waals surface area (Å²) in [7, 11) is 0. The molecule has 0 amide bonds. The molecule has 0 atom stereocenters. The highest BCUT2D eigenvalue weighted by molar-refractivity contribution is 5.78. The predicted octanol–water partition coefficient (Wildman–Crippen LogP) is 3.15. The third-order valence-corrected chi connectivity index (χ3v) is 2.19. The molecule has 0 fully saturated rings. The maximum absolute atomic E-state index is 12.5. The van der Waals surface area contributed by atoms with Gasteiger partial charge < -0.3 is 0 Å². The van der Waals surface area contributed by atoms with E-state index in [1.54, 1.807) is 6.07 Å². The molecule has 0 unspecified atom stereocenters. The first kappa shape index (κ1) is 11.8. The first-order chi connectivity index (χ1) is 6.82. The van der Waals surface area contributed by atoms with Crippen LogP contribution in [0.15, 0.2) is 18.2 Å². The van der Waals surface area contributed by atoms with E-state index in [4.69, 9.17) is 0 Å². The van der Waals surface area contributed by atoms with Crippen LogP contribution < -0.4 is 0 Å². The molecule has 0 bridgehead atoms. The minimum atomic E-state index is -4.35. The summed E-state index contributed by atoms with van der Waals surface area (Å²) in [5.74, 6) is -0.141. The van der Waals surface area contributed by atoms with Crippen LogP contribution in [0.25, 0.3) is 0 Å². The fraction of sp³-hybridized carbons (Fsp3) is 0.364. The zero-order chi connectivity index (χ0) is 11.6. The molecule has 1 aromatic carbocycles. The lowest BCUT2D eigenvalue weighted by Gasteiger charge is -2.12. The van der Waals surface area contributed by atoms with Gasteiger partial charge in [0, 0.05) is 6.42 Å². The highest BCUT2D eigenvalue weighted by Crippen LogP contribution is 2.32. The number of Topliss-reactive ketones (excluding diaryl/α,β-unsaturated/α-hetero) is 1. The van der Waals surface area contributed by atoms with E-state index in [1.807, 2.05) is 0 Å². The largest absolute Gasteiger partial charge is 0.416 e. The van der Waals surface area contributed by atoms with Gasteiger partial charge in [-0.25, -0.2) is 0 Å². The molecular formula is C11H11F3O. The molecule has 0 radical (unpaired) electrons. The molecule has 0 N–H and O–H groups in total. The van der Waals surface area contributed by atoms with Crippen LogP contribution in [-0.2, 0) is 17.4 Å². The fourth-order valence-electron chi connectivity index (χ4n) is 1.45. The molecule has 0 aromatic heterocycles. The second-order valence-corrected chi connectivity index (χ2v) is 3.47. The van der Waals surface area contributed by atoms with Crippen molar-refractivity contribution in [2.75, 3.05) is 0 Å². The highest BCUT2D eigenvalue weighted by Gasteiger charge is 2.32. The van der Waals surface area contributed by atoms with Crippen molar-refractivity contribution in [2.24, 2.45) is 0 Å². The van der Waals surface area contributed by atoms with Crippen LogP contribution in [0.5, 0.6) is 0 Å². The molecule has 0 aliphatic heterocycles. The summed E-state index contributed by atoms with van der Waals surface area (Å²) in [4.78, 5) is 10.8. The van der Waals surface area contributed by atoms with Crippen LogP contribution in [0.2, 0.25) is 0 Å². The van der Waals surface area contributed by atoms with Crippen LogP contribution in [0.1, 0.15) is 23.6 Å². The normalized spacial score (nSPS) is 11.5. The van der Waals surface area contributed by atoms with Gasteiger partial charge in [0.1, 0.15) is 5.78 Å². The van der Waals surface area contributed by atoms with Crippen molar-refractivity contribution in [3.8, 4) is 0 Å².